The normalized spacial score (nSPS) is 20.6. The molecule has 1 fully saturated rings. The van der Waals surface area contributed by atoms with Crippen LogP contribution in [0.1, 0.15) is 24.2 Å². The van der Waals surface area contributed by atoms with Crippen LogP contribution < -0.4 is 0 Å². The zero-order valence-electron chi connectivity index (χ0n) is 11.2. The minimum Gasteiger partial charge on any atom is -0.336 e. The molecule has 0 saturated carbocycles. The molecular formula is C14H18BrClN2O. The maximum absolute atomic E-state index is 12.4. The van der Waals surface area contributed by atoms with Gasteiger partial charge in [0.05, 0.1) is 5.02 Å². The highest BCUT2D eigenvalue weighted by Gasteiger charge is 2.26. The fourth-order valence-electron chi connectivity index (χ4n) is 2.46. The Labute approximate surface area is 127 Å². The maximum Gasteiger partial charge on any atom is 0.254 e. The number of likely N-dealkylation sites (N-methyl/N-ethyl adjacent to an activating group) is 1. The molecule has 1 saturated heterocycles. The Morgan fingerprint density at radius 1 is 1.47 bits per heavy atom. The zero-order chi connectivity index (χ0) is 14.0. The van der Waals surface area contributed by atoms with Crippen LogP contribution in [0.25, 0.3) is 0 Å². The number of nitrogens with zero attached hydrogens (tertiary/aromatic N) is 2. The third kappa shape index (κ3) is 3.30. The van der Waals surface area contributed by atoms with E-state index in [1.165, 1.54) is 0 Å². The van der Waals surface area contributed by atoms with E-state index in [9.17, 15) is 4.79 Å². The molecule has 0 radical (unpaired) electrons. The Hall–Kier alpha value is -0.580. The molecule has 104 valence electrons. The number of rotatable bonds is 2. The zero-order valence-corrected chi connectivity index (χ0v) is 13.5. The summed E-state index contributed by atoms with van der Waals surface area (Å²) in [4.78, 5) is 16.7. The molecular weight excluding hydrogens is 328 g/mol. The quantitative estimate of drug-likeness (QED) is 0.821. The Morgan fingerprint density at radius 2 is 2.21 bits per heavy atom. The summed E-state index contributed by atoms with van der Waals surface area (Å²) in [6.07, 6.45) is 0. The Balaban J connectivity index is 2.10. The molecule has 0 aliphatic carbocycles. The van der Waals surface area contributed by atoms with Gasteiger partial charge in [0.25, 0.3) is 5.91 Å². The summed E-state index contributed by atoms with van der Waals surface area (Å²) in [5.74, 6) is 0.0667. The molecule has 0 N–H and O–H groups in total. The lowest BCUT2D eigenvalue weighted by Crippen LogP contribution is -2.53. The molecule has 0 bridgehead atoms. The fourth-order valence-corrected chi connectivity index (χ4v) is 2.89. The first-order valence-corrected chi connectivity index (χ1v) is 7.68. The molecule has 5 heteroatoms. The van der Waals surface area contributed by atoms with E-state index < -0.39 is 0 Å². The average Bonchev–Trinajstić information content (AvgIpc) is 2.41. The van der Waals surface area contributed by atoms with Crippen LogP contribution in [-0.2, 0) is 0 Å². The molecule has 1 aromatic carbocycles. The molecule has 1 heterocycles. The highest BCUT2D eigenvalue weighted by molar-refractivity contribution is 9.10. The molecule has 3 nitrogen and oxygen atoms in total. The smallest absolute Gasteiger partial charge is 0.254 e. The highest BCUT2D eigenvalue weighted by atomic mass is 79.9. The lowest BCUT2D eigenvalue weighted by molar-refractivity contribution is 0.0528. The van der Waals surface area contributed by atoms with Gasteiger partial charge in [-0.2, -0.15) is 0 Å². The van der Waals surface area contributed by atoms with E-state index in [1.807, 2.05) is 17.0 Å². The minimum absolute atomic E-state index is 0.0667. The van der Waals surface area contributed by atoms with Crippen LogP contribution in [0.3, 0.4) is 0 Å². The number of carbonyl (C=O) groups excluding carboxylic acids is 1. The molecule has 0 spiro atoms. The van der Waals surface area contributed by atoms with Crippen molar-refractivity contribution < 1.29 is 4.79 Å². The lowest BCUT2D eigenvalue weighted by atomic mass is 10.1. The number of carbonyl (C=O) groups is 1. The van der Waals surface area contributed by atoms with Gasteiger partial charge in [-0.15, -0.1) is 0 Å². The SMILES string of the molecule is CCN1CCN(C(=O)c2ccc(Br)c(Cl)c2)CC1C. The van der Waals surface area contributed by atoms with Gasteiger partial charge < -0.3 is 4.90 Å². The molecule has 1 aliphatic heterocycles. The van der Waals surface area contributed by atoms with Crippen LogP contribution >= 0.6 is 27.5 Å². The number of halogens is 2. The lowest BCUT2D eigenvalue weighted by Gasteiger charge is -2.39. The first kappa shape index (κ1) is 14.8. The van der Waals surface area contributed by atoms with Crippen molar-refractivity contribution in [2.45, 2.75) is 19.9 Å². The average molecular weight is 346 g/mol. The van der Waals surface area contributed by atoms with Gasteiger partial charge >= 0.3 is 0 Å². The van der Waals surface area contributed by atoms with Gasteiger partial charge in [0.2, 0.25) is 0 Å². The van der Waals surface area contributed by atoms with Crippen LogP contribution in [0.2, 0.25) is 5.02 Å². The topological polar surface area (TPSA) is 23.6 Å². The van der Waals surface area contributed by atoms with E-state index in [2.05, 4.69) is 34.7 Å². The summed E-state index contributed by atoms with van der Waals surface area (Å²) in [5, 5.41) is 0.575. The molecule has 1 atom stereocenters. The summed E-state index contributed by atoms with van der Waals surface area (Å²) in [6, 6.07) is 5.77. The van der Waals surface area contributed by atoms with Crippen molar-refractivity contribution in [1.29, 1.82) is 0 Å². The number of amides is 1. The van der Waals surface area contributed by atoms with Crippen LogP contribution in [0.5, 0.6) is 0 Å². The van der Waals surface area contributed by atoms with E-state index in [1.54, 1.807) is 6.07 Å². The van der Waals surface area contributed by atoms with Crippen molar-refractivity contribution in [3.8, 4) is 0 Å². The fraction of sp³-hybridized carbons (Fsp3) is 0.500. The number of hydrogen-bond donors (Lipinski definition) is 0. The van der Waals surface area contributed by atoms with Crippen molar-refractivity contribution in [2.24, 2.45) is 0 Å². The Morgan fingerprint density at radius 3 is 2.79 bits per heavy atom. The largest absolute Gasteiger partial charge is 0.336 e. The second kappa shape index (κ2) is 6.25. The van der Waals surface area contributed by atoms with Gasteiger partial charge in [-0.05, 0) is 47.6 Å². The minimum atomic E-state index is 0.0667. The highest BCUT2D eigenvalue weighted by Crippen LogP contribution is 2.24. The molecule has 2 rings (SSSR count). The van der Waals surface area contributed by atoms with Gasteiger partial charge in [-0.3, -0.25) is 9.69 Å². The monoisotopic (exact) mass is 344 g/mol. The van der Waals surface area contributed by atoms with E-state index in [-0.39, 0.29) is 5.91 Å². The van der Waals surface area contributed by atoms with Gasteiger partial charge in [0.1, 0.15) is 0 Å². The number of hydrogen-bond acceptors (Lipinski definition) is 2. The van der Waals surface area contributed by atoms with Crippen LogP contribution in [-0.4, -0.2) is 47.9 Å². The molecule has 1 aromatic rings. The van der Waals surface area contributed by atoms with E-state index >= 15 is 0 Å². The van der Waals surface area contributed by atoms with Crippen molar-refractivity contribution in [2.75, 3.05) is 26.2 Å². The van der Waals surface area contributed by atoms with E-state index in [4.69, 9.17) is 11.6 Å². The van der Waals surface area contributed by atoms with Crippen LogP contribution in [0.15, 0.2) is 22.7 Å². The Kier molecular flexibility index (Phi) is 4.87. The van der Waals surface area contributed by atoms with Gasteiger partial charge in [-0.1, -0.05) is 18.5 Å². The summed E-state index contributed by atoms with van der Waals surface area (Å²) in [6.45, 7) is 7.85. The van der Waals surface area contributed by atoms with Crippen molar-refractivity contribution in [3.05, 3.63) is 33.3 Å². The predicted octanol–water partition coefficient (Wildman–Crippen LogP) is 3.27. The second-order valence-electron chi connectivity index (χ2n) is 4.86. The summed E-state index contributed by atoms with van der Waals surface area (Å²) in [7, 11) is 0. The first-order chi connectivity index (χ1) is 9.02. The summed E-state index contributed by atoms with van der Waals surface area (Å²) >= 11 is 9.38. The molecule has 1 unspecified atom stereocenters. The molecule has 1 aliphatic rings. The first-order valence-electron chi connectivity index (χ1n) is 6.51. The molecule has 0 aromatic heterocycles. The molecule has 19 heavy (non-hydrogen) atoms. The Bertz CT molecular complexity index is 481. The molecule has 1 amide bonds. The third-order valence-corrected chi connectivity index (χ3v) is 4.86. The van der Waals surface area contributed by atoms with Gasteiger partial charge in [0.15, 0.2) is 0 Å². The van der Waals surface area contributed by atoms with Crippen molar-refractivity contribution >= 4 is 33.4 Å². The van der Waals surface area contributed by atoms with Crippen LogP contribution in [0, 0.1) is 0 Å². The second-order valence-corrected chi connectivity index (χ2v) is 6.12. The van der Waals surface area contributed by atoms with Crippen LogP contribution in [0.4, 0.5) is 0 Å². The number of piperazine rings is 1. The maximum atomic E-state index is 12.4. The standard InChI is InChI=1S/C14H18BrClN2O/c1-3-17-6-7-18(9-10(17)2)14(19)11-4-5-12(15)13(16)8-11/h4-5,8,10H,3,6-7,9H2,1-2H3. The summed E-state index contributed by atoms with van der Waals surface area (Å²) < 4.78 is 0.815. The predicted molar refractivity (Wildman–Crippen MR) is 81.8 cm³/mol. The van der Waals surface area contributed by atoms with E-state index in [0.717, 1.165) is 30.7 Å². The van der Waals surface area contributed by atoms with Gasteiger partial charge in [0, 0.05) is 35.7 Å². The summed E-state index contributed by atoms with van der Waals surface area (Å²) in [5.41, 5.74) is 0.658. The van der Waals surface area contributed by atoms with Gasteiger partial charge in [-0.25, -0.2) is 0 Å². The number of benzene rings is 1. The van der Waals surface area contributed by atoms with E-state index in [0.29, 0.717) is 16.6 Å². The third-order valence-electron chi connectivity index (χ3n) is 3.63. The van der Waals surface area contributed by atoms with Crippen molar-refractivity contribution in [1.82, 2.24) is 9.80 Å². The van der Waals surface area contributed by atoms with Crippen molar-refractivity contribution in [3.63, 3.8) is 0 Å².